The lowest BCUT2D eigenvalue weighted by Gasteiger charge is -2.05. The van der Waals surface area contributed by atoms with Gasteiger partial charge in [-0.2, -0.15) is 0 Å². The van der Waals surface area contributed by atoms with Crippen molar-refractivity contribution in [2.75, 3.05) is 13.7 Å². The van der Waals surface area contributed by atoms with E-state index in [1.165, 1.54) is 0 Å². The number of methoxy groups -OCH3 is 1. The van der Waals surface area contributed by atoms with Crippen LogP contribution in [0.3, 0.4) is 0 Å². The molecule has 0 aliphatic rings. The Kier molecular flexibility index (Phi) is 3.23. The van der Waals surface area contributed by atoms with Crippen molar-refractivity contribution in [1.29, 1.82) is 0 Å². The van der Waals surface area contributed by atoms with Crippen molar-refractivity contribution in [3.63, 3.8) is 0 Å². The topological polar surface area (TPSA) is 51.2 Å². The van der Waals surface area contributed by atoms with E-state index < -0.39 is 0 Å². The fourth-order valence-corrected chi connectivity index (χ4v) is 1.62. The maximum atomic E-state index is 11.7. The van der Waals surface area contributed by atoms with Gasteiger partial charge in [-0.3, -0.25) is 4.79 Å². The smallest absolute Gasteiger partial charge is 0.251 e. The number of hydrogen-bond acceptors (Lipinski definition) is 3. The van der Waals surface area contributed by atoms with Crippen molar-refractivity contribution < 1.29 is 9.53 Å². The Balaban J connectivity index is 2.41. The normalized spacial score (nSPS) is 10.2. The lowest BCUT2D eigenvalue weighted by atomic mass is 10.1. The fraction of sp³-hybridized carbons (Fsp3) is 0.231. The highest BCUT2D eigenvalue weighted by Crippen LogP contribution is 2.17. The number of carbonyl (C=O) groups is 1. The van der Waals surface area contributed by atoms with Gasteiger partial charge in [-0.15, -0.1) is 0 Å². The number of nitrogens with zero attached hydrogens (tertiary/aromatic N) is 1. The molecule has 2 aromatic rings. The second-order valence-corrected chi connectivity index (χ2v) is 3.62. The van der Waals surface area contributed by atoms with Crippen LogP contribution >= 0.6 is 0 Å². The van der Waals surface area contributed by atoms with Crippen LogP contribution in [0.4, 0.5) is 0 Å². The molecule has 0 bridgehead atoms. The maximum absolute atomic E-state index is 11.7. The quantitative estimate of drug-likeness (QED) is 0.877. The number of ether oxygens (including phenoxy) is 1. The van der Waals surface area contributed by atoms with Gasteiger partial charge in [-0.1, -0.05) is 0 Å². The number of pyridine rings is 1. The summed E-state index contributed by atoms with van der Waals surface area (Å²) >= 11 is 0. The third-order valence-corrected chi connectivity index (χ3v) is 2.47. The standard InChI is InChI=1S/C13H14N2O2/c1-3-14-13(16)10-4-6-11-9(8-10)5-7-12(15-11)17-2/h4-8H,3H2,1-2H3,(H,14,16). The predicted octanol–water partition coefficient (Wildman–Crippen LogP) is 1.99. The monoisotopic (exact) mass is 230 g/mol. The molecule has 1 aromatic heterocycles. The van der Waals surface area contributed by atoms with Crippen LogP contribution < -0.4 is 10.1 Å². The summed E-state index contributed by atoms with van der Waals surface area (Å²) < 4.78 is 5.05. The Morgan fingerprint density at radius 1 is 1.35 bits per heavy atom. The Morgan fingerprint density at radius 3 is 2.88 bits per heavy atom. The number of benzene rings is 1. The van der Waals surface area contributed by atoms with Crippen LogP contribution in [0.5, 0.6) is 5.88 Å². The molecule has 0 atom stereocenters. The summed E-state index contributed by atoms with van der Waals surface area (Å²) in [6, 6.07) is 9.09. The SMILES string of the molecule is CCNC(=O)c1ccc2nc(OC)ccc2c1. The minimum Gasteiger partial charge on any atom is -0.481 e. The van der Waals surface area contributed by atoms with Crippen LogP contribution in [0.15, 0.2) is 30.3 Å². The zero-order chi connectivity index (χ0) is 12.3. The highest BCUT2D eigenvalue weighted by molar-refractivity contribution is 5.97. The number of aromatic nitrogens is 1. The van der Waals surface area contributed by atoms with Crippen LogP contribution in [0.2, 0.25) is 0 Å². The Labute approximate surface area is 99.6 Å². The van der Waals surface area contributed by atoms with Gasteiger partial charge in [-0.05, 0) is 31.2 Å². The van der Waals surface area contributed by atoms with Crippen LogP contribution in [0.25, 0.3) is 10.9 Å². The molecule has 88 valence electrons. The van der Waals surface area contributed by atoms with Gasteiger partial charge in [0.2, 0.25) is 5.88 Å². The molecule has 0 saturated carbocycles. The first-order valence-corrected chi connectivity index (χ1v) is 5.47. The van der Waals surface area contributed by atoms with Crippen molar-refractivity contribution in [3.05, 3.63) is 35.9 Å². The summed E-state index contributed by atoms with van der Waals surface area (Å²) in [5, 5.41) is 3.69. The zero-order valence-corrected chi connectivity index (χ0v) is 9.86. The average Bonchev–Trinajstić information content (AvgIpc) is 2.37. The Morgan fingerprint density at radius 2 is 2.18 bits per heavy atom. The molecule has 2 rings (SSSR count). The van der Waals surface area contributed by atoms with Crippen molar-refractivity contribution in [2.45, 2.75) is 6.92 Å². The number of fused-ring (bicyclic) bond motifs is 1. The molecule has 0 radical (unpaired) electrons. The molecule has 4 nitrogen and oxygen atoms in total. The minimum atomic E-state index is -0.0646. The van der Waals surface area contributed by atoms with Crippen LogP contribution in [0.1, 0.15) is 17.3 Å². The third kappa shape index (κ3) is 2.36. The lowest BCUT2D eigenvalue weighted by Crippen LogP contribution is -2.22. The summed E-state index contributed by atoms with van der Waals surface area (Å²) in [7, 11) is 1.58. The molecule has 1 aromatic carbocycles. The van der Waals surface area contributed by atoms with Crippen LogP contribution in [-0.4, -0.2) is 24.5 Å². The van der Waals surface area contributed by atoms with E-state index in [0.29, 0.717) is 18.0 Å². The second-order valence-electron chi connectivity index (χ2n) is 3.62. The van der Waals surface area contributed by atoms with E-state index in [4.69, 9.17) is 4.74 Å². The molecule has 0 aliphatic carbocycles. The van der Waals surface area contributed by atoms with Gasteiger partial charge in [0.15, 0.2) is 0 Å². The summed E-state index contributed by atoms with van der Waals surface area (Å²) in [4.78, 5) is 15.9. The number of amides is 1. The third-order valence-electron chi connectivity index (χ3n) is 2.47. The van der Waals surface area contributed by atoms with Gasteiger partial charge in [0.1, 0.15) is 0 Å². The molecule has 4 heteroatoms. The summed E-state index contributed by atoms with van der Waals surface area (Å²) in [6.45, 7) is 2.52. The molecule has 0 unspecified atom stereocenters. The number of carbonyl (C=O) groups excluding carboxylic acids is 1. The maximum Gasteiger partial charge on any atom is 0.251 e. The summed E-state index contributed by atoms with van der Waals surface area (Å²) in [6.07, 6.45) is 0. The number of hydrogen-bond donors (Lipinski definition) is 1. The highest BCUT2D eigenvalue weighted by Gasteiger charge is 2.05. The first-order chi connectivity index (χ1) is 8.24. The van der Waals surface area contributed by atoms with E-state index in [2.05, 4.69) is 10.3 Å². The molecule has 1 amide bonds. The molecular weight excluding hydrogens is 216 g/mol. The predicted molar refractivity (Wildman–Crippen MR) is 66.3 cm³/mol. The lowest BCUT2D eigenvalue weighted by molar-refractivity contribution is 0.0956. The van der Waals surface area contributed by atoms with Gasteiger partial charge in [0, 0.05) is 23.6 Å². The van der Waals surface area contributed by atoms with Crippen molar-refractivity contribution in [3.8, 4) is 5.88 Å². The first-order valence-electron chi connectivity index (χ1n) is 5.47. The van der Waals surface area contributed by atoms with Crippen LogP contribution in [0, 0.1) is 0 Å². The number of nitrogens with one attached hydrogen (secondary N) is 1. The van der Waals surface area contributed by atoms with Gasteiger partial charge in [0.05, 0.1) is 12.6 Å². The van der Waals surface area contributed by atoms with Crippen molar-refractivity contribution in [1.82, 2.24) is 10.3 Å². The van der Waals surface area contributed by atoms with E-state index >= 15 is 0 Å². The van der Waals surface area contributed by atoms with E-state index in [9.17, 15) is 4.79 Å². The Hall–Kier alpha value is -2.10. The highest BCUT2D eigenvalue weighted by atomic mass is 16.5. The van der Waals surface area contributed by atoms with Gasteiger partial charge in [-0.25, -0.2) is 4.98 Å². The van der Waals surface area contributed by atoms with E-state index in [1.54, 1.807) is 19.2 Å². The van der Waals surface area contributed by atoms with E-state index in [1.807, 2.05) is 25.1 Å². The van der Waals surface area contributed by atoms with Gasteiger partial charge < -0.3 is 10.1 Å². The van der Waals surface area contributed by atoms with Crippen LogP contribution in [-0.2, 0) is 0 Å². The van der Waals surface area contributed by atoms with E-state index in [0.717, 1.165) is 10.9 Å². The molecular formula is C13H14N2O2. The summed E-state index contributed by atoms with van der Waals surface area (Å²) in [5.74, 6) is 0.508. The fourth-order valence-electron chi connectivity index (χ4n) is 1.62. The van der Waals surface area contributed by atoms with Gasteiger partial charge in [0.25, 0.3) is 5.91 Å². The van der Waals surface area contributed by atoms with Crippen molar-refractivity contribution >= 4 is 16.8 Å². The molecule has 1 N–H and O–H groups in total. The van der Waals surface area contributed by atoms with Crippen molar-refractivity contribution in [2.24, 2.45) is 0 Å². The molecule has 0 saturated heterocycles. The minimum absolute atomic E-state index is 0.0646. The average molecular weight is 230 g/mol. The molecule has 0 spiro atoms. The second kappa shape index (κ2) is 4.82. The molecule has 0 fully saturated rings. The Bertz CT molecular complexity index is 552. The molecule has 17 heavy (non-hydrogen) atoms. The molecule has 1 heterocycles. The largest absolute Gasteiger partial charge is 0.481 e. The first kappa shape index (κ1) is 11.4. The number of rotatable bonds is 3. The van der Waals surface area contributed by atoms with Gasteiger partial charge >= 0.3 is 0 Å². The molecule has 0 aliphatic heterocycles. The summed E-state index contributed by atoms with van der Waals surface area (Å²) in [5.41, 5.74) is 1.46. The zero-order valence-electron chi connectivity index (χ0n) is 9.86. The van der Waals surface area contributed by atoms with E-state index in [-0.39, 0.29) is 5.91 Å².